The zero-order chi connectivity index (χ0) is 13.9. The Kier molecular flexibility index (Phi) is 3.82. The van der Waals surface area contributed by atoms with E-state index in [0.29, 0.717) is 5.82 Å². The van der Waals surface area contributed by atoms with Crippen molar-refractivity contribution in [3.63, 3.8) is 0 Å². The second-order valence-corrected chi connectivity index (χ2v) is 5.66. The molecule has 19 heavy (non-hydrogen) atoms. The van der Waals surface area contributed by atoms with E-state index in [1.165, 1.54) is 12.3 Å². The monoisotopic (exact) mass is 281 g/mol. The van der Waals surface area contributed by atoms with E-state index in [9.17, 15) is 8.42 Å². The van der Waals surface area contributed by atoms with Gasteiger partial charge in [0.25, 0.3) is 0 Å². The van der Waals surface area contributed by atoms with Crippen LogP contribution in [-0.2, 0) is 10.0 Å². The third-order valence-electron chi connectivity index (χ3n) is 2.65. The van der Waals surface area contributed by atoms with Crippen LogP contribution in [0.1, 0.15) is 18.5 Å². The Bertz CT molecular complexity index is 639. The molecule has 0 amide bonds. The number of nitrogens with zero attached hydrogens (tertiary/aromatic N) is 2. The SMILES string of the molecule is CNc1ncccc1S(=O)(=O)NC(C)c1cn[nH]c1. The first-order valence-electron chi connectivity index (χ1n) is 5.68. The normalized spacial score (nSPS) is 13.2. The first-order valence-corrected chi connectivity index (χ1v) is 7.16. The van der Waals surface area contributed by atoms with Crippen molar-refractivity contribution in [3.8, 4) is 0 Å². The van der Waals surface area contributed by atoms with Gasteiger partial charge in [-0.2, -0.15) is 5.10 Å². The van der Waals surface area contributed by atoms with Gasteiger partial charge in [-0.3, -0.25) is 5.10 Å². The highest BCUT2D eigenvalue weighted by Crippen LogP contribution is 2.20. The third-order valence-corrected chi connectivity index (χ3v) is 4.22. The number of pyridine rings is 1. The summed E-state index contributed by atoms with van der Waals surface area (Å²) in [6, 6.07) is 2.70. The fourth-order valence-corrected chi connectivity index (χ4v) is 3.05. The minimum atomic E-state index is -3.64. The summed E-state index contributed by atoms with van der Waals surface area (Å²) in [5, 5.41) is 9.21. The molecule has 0 saturated heterocycles. The van der Waals surface area contributed by atoms with Crippen molar-refractivity contribution >= 4 is 15.8 Å². The van der Waals surface area contributed by atoms with Crippen LogP contribution in [0.4, 0.5) is 5.82 Å². The van der Waals surface area contributed by atoms with E-state index in [-0.39, 0.29) is 10.9 Å². The molecule has 2 aromatic heterocycles. The Morgan fingerprint density at radius 1 is 1.42 bits per heavy atom. The first kappa shape index (κ1) is 13.5. The van der Waals surface area contributed by atoms with Crippen LogP contribution in [0.25, 0.3) is 0 Å². The number of anilines is 1. The van der Waals surface area contributed by atoms with Crippen LogP contribution in [0.3, 0.4) is 0 Å². The van der Waals surface area contributed by atoms with E-state index in [4.69, 9.17) is 0 Å². The molecule has 1 atom stereocenters. The standard InChI is InChI=1S/C11H15N5O2S/c1-8(9-6-14-15-7-9)16-19(17,18)10-4-3-5-13-11(10)12-2/h3-8,16H,1-2H3,(H,12,13)(H,14,15). The summed E-state index contributed by atoms with van der Waals surface area (Å²) in [4.78, 5) is 4.10. The Balaban J connectivity index is 2.28. The summed E-state index contributed by atoms with van der Waals surface area (Å²) >= 11 is 0. The molecule has 1 unspecified atom stereocenters. The molecule has 102 valence electrons. The molecule has 0 aliphatic carbocycles. The summed E-state index contributed by atoms with van der Waals surface area (Å²) < 4.78 is 27.2. The van der Waals surface area contributed by atoms with Crippen LogP contribution in [0.5, 0.6) is 0 Å². The van der Waals surface area contributed by atoms with E-state index < -0.39 is 10.0 Å². The smallest absolute Gasteiger partial charge is 0.244 e. The minimum Gasteiger partial charge on any atom is -0.372 e. The molecule has 2 rings (SSSR count). The van der Waals surface area contributed by atoms with Crippen molar-refractivity contribution in [2.24, 2.45) is 0 Å². The van der Waals surface area contributed by atoms with E-state index in [0.717, 1.165) is 5.56 Å². The average Bonchev–Trinajstić information content (AvgIpc) is 2.92. The van der Waals surface area contributed by atoms with Gasteiger partial charge >= 0.3 is 0 Å². The van der Waals surface area contributed by atoms with Crippen LogP contribution >= 0.6 is 0 Å². The van der Waals surface area contributed by atoms with Crippen molar-refractivity contribution < 1.29 is 8.42 Å². The summed E-state index contributed by atoms with van der Waals surface area (Å²) in [6.45, 7) is 1.75. The topological polar surface area (TPSA) is 99.8 Å². The van der Waals surface area contributed by atoms with Crippen molar-refractivity contribution in [1.82, 2.24) is 19.9 Å². The van der Waals surface area contributed by atoms with Gasteiger partial charge in [-0.25, -0.2) is 18.1 Å². The summed E-state index contributed by atoms with van der Waals surface area (Å²) in [5.41, 5.74) is 0.762. The Hall–Kier alpha value is -1.93. The number of aromatic amines is 1. The molecule has 8 heteroatoms. The predicted molar refractivity (Wildman–Crippen MR) is 71.1 cm³/mol. The highest BCUT2D eigenvalue weighted by molar-refractivity contribution is 7.89. The van der Waals surface area contributed by atoms with Crippen LogP contribution in [0.2, 0.25) is 0 Å². The maximum atomic E-state index is 12.3. The van der Waals surface area contributed by atoms with Gasteiger partial charge in [-0.05, 0) is 19.1 Å². The Morgan fingerprint density at radius 3 is 2.84 bits per heavy atom. The van der Waals surface area contributed by atoms with Gasteiger partial charge in [-0.15, -0.1) is 0 Å². The van der Waals surface area contributed by atoms with Gasteiger partial charge in [0.1, 0.15) is 10.7 Å². The molecule has 2 heterocycles. The lowest BCUT2D eigenvalue weighted by Gasteiger charge is -2.14. The van der Waals surface area contributed by atoms with Gasteiger partial charge < -0.3 is 5.32 Å². The lowest BCUT2D eigenvalue weighted by molar-refractivity contribution is 0.567. The van der Waals surface area contributed by atoms with Gasteiger partial charge in [0.05, 0.1) is 6.20 Å². The molecule has 0 spiro atoms. The minimum absolute atomic E-state index is 0.118. The second kappa shape index (κ2) is 5.37. The molecule has 0 aliphatic heterocycles. The number of rotatable bonds is 5. The molecule has 2 aromatic rings. The third kappa shape index (κ3) is 2.91. The number of hydrogen-bond donors (Lipinski definition) is 3. The molecular weight excluding hydrogens is 266 g/mol. The Labute approximate surface area is 111 Å². The average molecular weight is 281 g/mol. The van der Waals surface area contributed by atoms with E-state index in [2.05, 4.69) is 25.2 Å². The molecular formula is C11H15N5O2S. The van der Waals surface area contributed by atoms with Crippen LogP contribution in [0.15, 0.2) is 35.6 Å². The number of aromatic nitrogens is 3. The maximum Gasteiger partial charge on any atom is 0.244 e. The molecule has 0 bridgehead atoms. The molecule has 0 aliphatic rings. The Morgan fingerprint density at radius 2 is 2.21 bits per heavy atom. The quantitative estimate of drug-likeness (QED) is 0.755. The van der Waals surface area contributed by atoms with Crippen LogP contribution in [-0.4, -0.2) is 30.6 Å². The largest absolute Gasteiger partial charge is 0.372 e. The molecule has 7 nitrogen and oxygen atoms in total. The number of hydrogen-bond acceptors (Lipinski definition) is 5. The highest BCUT2D eigenvalue weighted by Gasteiger charge is 2.22. The maximum absolute atomic E-state index is 12.3. The second-order valence-electron chi connectivity index (χ2n) is 3.97. The van der Waals surface area contributed by atoms with Crippen LogP contribution < -0.4 is 10.0 Å². The molecule has 0 aromatic carbocycles. The van der Waals surface area contributed by atoms with Crippen molar-refractivity contribution in [3.05, 3.63) is 36.3 Å². The van der Waals surface area contributed by atoms with E-state index in [1.807, 2.05) is 0 Å². The van der Waals surface area contributed by atoms with Gasteiger partial charge in [0.2, 0.25) is 10.0 Å². The van der Waals surface area contributed by atoms with E-state index >= 15 is 0 Å². The molecule has 0 fully saturated rings. The lowest BCUT2D eigenvalue weighted by Crippen LogP contribution is -2.27. The van der Waals surface area contributed by atoms with Crippen molar-refractivity contribution in [2.75, 3.05) is 12.4 Å². The summed E-state index contributed by atoms with van der Waals surface area (Å²) in [7, 11) is -2.02. The van der Waals surface area contributed by atoms with Crippen LogP contribution in [0, 0.1) is 0 Å². The zero-order valence-electron chi connectivity index (χ0n) is 10.6. The molecule has 0 radical (unpaired) electrons. The van der Waals surface area contributed by atoms with Gasteiger partial charge in [-0.1, -0.05) is 0 Å². The number of H-pyrrole nitrogens is 1. The van der Waals surface area contributed by atoms with Crippen molar-refractivity contribution in [1.29, 1.82) is 0 Å². The highest BCUT2D eigenvalue weighted by atomic mass is 32.2. The van der Waals surface area contributed by atoms with Gasteiger partial charge in [0, 0.05) is 31.0 Å². The predicted octanol–water partition coefficient (Wildman–Crippen LogP) is 0.886. The first-order chi connectivity index (χ1) is 9.04. The van der Waals surface area contributed by atoms with E-state index in [1.54, 1.807) is 32.4 Å². The van der Waals surface area contributed by atoms with Gasteiger partial charge in [0.15, 0.2) is 0 Å². The van der Waals surface area contributed by atoms with Crippen molar-refractivity contribution in [2.45, 2.75) is 17.9 Å². The zero-order valence-corrected chi connectivity index (χ0v) is 11.4. The fraction of sp³-hybridized carbons (Fsp3) is 0.273. The lowest BCUT2D eigenvalue weighted by atomic mass is 10.2. The number of sulfonamides is 1. The number of nitrogens with one attached hydrogen (secondary N) is 3. The fourth-order valence-electron chi connectivity index (χ4n) is 1.66. The summed E-state index contributed by atoms with van der Waals surface area (Å²) in [5.74, 6) is 0.314. The molecule has 0 saturated carbocycles. The summed E-state index contributed by atoms with van der Waals surface area (Å²) in [6.07, 6.45) is 4.76. The molecule has 3 N–H and O–H groups in total.